The number of hydrogen-bond donors (Lipinski definition) is 3. The van der Waals surface area contributed by atoms with Crippen LogP contribution in [0, 0.1) is 0 Å². The van der Waals surface area contributed by atoms with Crippen LogP contribution in [0.2, 0.25) is 6.32 Å². The van der Waals surface area contributed by atoms with Gasteiger partial charge in [0.25, 0.3) is 0 Å². The van der Waals surface area contributed by atoms with Crippen LogP contribution in [0.3, 0.4) is 0 Å². The first-order chi connectivity index (χ1) is 12.5. The maximum Gasteiger partial charge on any atom is 0.451 e. The number of rotatable bonds is 10. The number of carbonyl (C=O) groups excluding carboxylic acids is 2. The molecule has 1 heterocycles. The number of ketones is 1. The smallest absolute Gasteiger partial charge is 0.427 e. The molecule has 1 aliphatic rings. The summed E-state index contributed by atoms with van der Waals surface area (Å²) in [6.45, 7) is 3.36. The maximum atomic E-state index is 12.8. The van der Waals surface area contributed by atoms with Crippen molar-refractivity contribution in [1.29, 1.82) is 0 Å². The summed E-state index contributed by atoms with van der Waals surface area (Å²) in [7, 11) is -1.47. The molecule has 1 aromatic rings. The third kappa shape index (κ3) is 6.52. The minimum absolute atomic E-state index is 0.0117. The van der Waals surface area contributed by atoms with Gasteiger partial charge in [0.2, 0.25) is 5.12 Å². The number of carbonyl (C=O) groups is 2. The molecule has 0 radical (unpaired) electrons. The predicted octanol–water partition coefficient (Wildman–Crippen LogP) is 1.28. The SMILES string of the molecule is CCN[C@@H](Cc1ccccc1)C(=O)SN1CCC[C@H]1C(=O)CCB(O)O. The first-order valence-corrected chi connectivity index (χ1v) is 9.93. The minimum atomic E-state index is -1.47. The molecular formula is C18H27BN2O4S. The molecule has 6 nitrogen and oxygen atoms in total. The Morgan fingerprint density at radius 3 is 2.73 bits per heavy atom. The molecule has 26 heavy (non-hydrogen) atoms. The van der Waals surface area contributed by atoms with Gasteiger partial charge < -0.3 is 15.4 Å². The third-order valence-electron chi connectivity index (χ3n) is 4.45. The normalized spacial score (nSPS) is 18.7. The molecule has 0 unspecified atom stereocenters. The molecule has 2 atom stereocenters. The first kappa shape index (κ1) is 21.1. The first-order valence-electron chi connectivity index (χ1n) is 9.15. The van der Waals surface area contributed by atoms with Crippen molar-refractivity contribution >= 4 is 30.0 Å². The van der Waals surface area contributed by atoms with Gasteiger partial charge in [0.15, 0.2) is 0 Å². The van der Waals surface area contributed by atoms with Gasteiger partial charge in [-0.05, 0) is 49.6 Å². The van der Waals surface area contributed by atoms with E-state index < -0.39 is 7.12 Å². The Labute approximate surface area is 159 Å². The molecule has 1 aliphatic heterocycles. The predicted molar refractivity (Wildman–Crippen MR) is 105 cm³/mol. The van der Waals surface area contributed by atoms with Crippen LogP contribution in [0.15, 0.2) is 30.3 Å². The second-order valence-electron chi connectivity index (χ2n) is 6.49. The molecule has 1 aromatic carbocycles. The zero-order valence-corrected chi connectivity index (χ0v) is 16.0. The fourth-order valence-corrected chi connectivity index (χ4v) is 4.22. The number of nitrogens with zero attached hydrogens (tertiary/aromatic N) is 1. The summed E-state index contributed by atoms with van der Waals surface area (Å²) in [4.78, 5) is 25.1. The van der Waals surface area contributed by atoms with E-state index in [0.29, 0.717) is 25.9 Å². The maximum absolute atomic E-state index is 12.8. The van der Waals surface area contributed by atoms with Gasteiger partial charge in [0.1, 0.15) is 5.78 Å². The summed E-state index contributed by atoms with van der Waals surface area (Å²) in [5.41, 5.74) is 1.10. The van der Waals surface area contributed by atoms with Crippen LogP contribution in [-0.4, -0.2) is 57.5 Å². The fraction of sp³-hybridized carbons (Fsp3) is 0.556. The number of hydrogen-bond acceptors (Lipinski definition) is 7. The van der Waals surface area contributed by atoms with E-state index in [4.69, 9.17) is 10.0 Å². The van der Waals surface area contributed by atoms with Crippen LogP contribution in [0.25, 0.3) is 0 Å². The highest BCUT2D eigenvalue weighted by atomic mass is 32.2. The number of nitrogens with one attached hydrogen (secondary N) is 1. The van der Waals surface area contributed by atoms with E-state index in [9.17, 15) is 9.59 Å². The molecule has 1 saturated heterocycles. The molecule has 0 bridgehead atoms. The van der Waals surface area contributed by atoms with Crippen LogP contribution < -0.4 is 5.32 Å². The van der Waals surface area contributed by atoms with Crippen molar-refractivity contribution in [2.24, 2.45) is 0 Å². The summed E-state index contributed by atoms with van der Waals surface area (Å²) in [6.07, 6.45) is 2.35. The summed E-state index contributed by atoms with van der Waals surface area (Å²) in [6, 6.07) is 9.26. The van der Waals surface area contributed by atoms with Crippen LogP contribution in [0.5, 0.6) is 0 Å². The summed E-state index contributed by atoms with van der Waals surface area (Å²) in [5.74, 6) is -0.0287. The lowest BCUT2D eigenvalue weighted by molar-refractivity contribution is -0.121. The quantitative estimate of drug-likeness (QED) is 0.417. The van der Waals surface area contributed by atoms with Crippen LogP contribution >= 0.6 is 11.9 Å². The highest BCUT2D eigenvalue weighted by Gasteiger charge is 2.34. The lowest BCUT2D eigenvalue weighted by Gasteiger charge is -2.24. The number of benzene rings is 1. The average molecular weight is 378 g/mol. The molecular weight excluding hydrogens is 351 g/mol. The van der Waals surface area contributed by atoms with Gasteiger partial charge in [-0.25, -0.2) is 4.31 Å². The van der Waals surface area contributed by atoms with Gasteiger partial charge >= 0.3 is 7.12 Å². The second kappa shape index (κ2) is 10.8. The monoisotopic (exact) mass is 378 g/mol. The van der Waals surface area contributed by atoms with Crippen LogP contribution in [0.4, 0.5) is 0 Å². The summed E-state index contributed by atoms with van der Waals surface area (Å²) < 4.78 is 1.86. The van der Waals surface area contributed by atoms with Crippen molar-refractivity contribution in [1.82, 2.24) is 9.62 Å². The van der Waals surface area contributed by atoms with E-state index in [1.807, 2.05) is 41.6 Å². The topological polar surface area (TPSA) is 89.9 Å². The van der Waals surface area contributed by atoms with Gasteiger partial charge in [0, 0.05) is 13.0 Å². The fourth-order valence-electron chi connectivity index (χ4n) is 3.12. The summed E-state index contributed by atoms with van der Waals surface area (Å²) in [5, 5.41) is 21.2. The van der Waals surface area contributed by atoms with Crippen molar-refractivity contribution in [3.63, 3.8) is 0 Å². The van der Waals surface area contributed by atoms with Gasteiger partial charge in [-0.2, -0.15) is 0 Å². The molecule has 142 valence electrons. The van der Waals surface area contributed by atoms with Gasteiger partial charge in [-0.15, -0.1) is 0 Å². The standard InChI is InChI=1S/C18H27BN2O4S/c1-2-20-15(13-14-7-4-3-5-8-14)18(23)26-21-12-6-9-16(21)17(22)10-11-19(24)25/h3-5,7-8,15-16,20,24-25H,2,6,9-13H2,1H3/t15-,16-/m0/s1. The van der Waals surface area contributed by atoms with E-state index >= 15 is 0 Å². The average Bonchev–Trinajstić information content (AvgIpc) is 3.08. The van der Waals surface area contributed by atoms with Crippen molar-refractivity contribution in [3.8, 4) is 0 Å². The molecule has 1 fully saturated rings. The zero-order chi connectivity index (χ0) is 18.9. The molecule has 0 aromatic heterocycles. The van der Waals surface area contributed by atoms with Crippen molar-refractivity contribution in [2.45, 2.75) is 51.0 Å². The Morgan fingerprint density at radius 1 is 1.35 bits per heavy atom. The molecule has 2 rings (SSSR count). The van der Waals surface area contributed by atoms with Crippen molar-refractivity contribution in [2.75, 3.05) is 13.1 Å². The van der Waals surface area contributed by atoms with Crippen molar-refractivity contribution < 1.29 is 19.6 Å². The number of Topliss-reactive ketones (excluding diaryl/α,β-unsaturated/α-hetero) is 1. The Bertz CT molecular complexity index is 588. The molecule has 0 aliphatic carbocycles. The highest BCUT2D eigenvalue weighted by molar-refractivity contribution is 8.11. The lowest BCUT2D eigenvalue weighted by atomic mass is 9.82. The Morgan fingerprint density at radius 2 is 2.08 bits per heavy atom. The van der Waals surface area contributed by atoms with E-state index in [1.54, 1.807) is 0 Å². The molecule has 0 spiro atoms. The van der Waals surface area contributed by atoms with Crippen LogP contribution in [0.1, 0.15) is 31.7 Å². The number of likely N-dealkylation sites (N-methyl/N-ethyl adjacent to an activating group) is 1. The lowest BCUT2D eigenvalue weighted by Crippen LogP contribution is -2.40. The zero-order valence-electron chi connectivity index (χ0n) is 15.1. The molecule has 3 N–H and O–H groups in total. The minimum Gasteiger partial charge on any atom is -0.427 e. The van der Waals surface area contributed by atoms with E-state index in [-0.39, 0.29) is 35.7 Å². The van der Waals surface area contributed by atoms with Crippen molar-refractivity contribution in [3.05, 3.63) is 35.9 Å². The Balaban J connectivity index is 1.95. The highest BCUT2D eigenvalue weighted by Crippen LogP contribution is 2.28. The van der Waals surface area contributed by atoms with Gasteiger partial charge in [-0.3, -0.25) is 9.59 Å². The molecule has 0 saturated carbocycles. The second-order valence-corrected chi connectivity index (χ2v) is 7.55. The van der Waals surface area contributed by atoms with E-state index in [0.717, 1.165) is 23.9 Å². The van der Waals surface area contributed by atoms with Crippen LogP contribution in [-0.2, 0) is 16.0 Å². The largest absolute Gasteiger partial charge is 0.451 e. The summed E-state index contributed by atoms with van der Waals surface area (Å²) >= 11 is 1.13. The van der Waals surface area contributed by atoms with E-state index in [1.165, 1.54) is 0 Å². The van der Waals surface area contributed by atoms with Gasteiger partial charge in [0.05, 0.1) is 12.1 Å². The van der Waals surface area contributed by atoms with Gasteiger partial charge in [-0.1, -0.05) is 37.3 Å². The Kier molecular flexibility index (Phi) is 8.81. The molecule has 0 amide bonds. The Hall–Kier alpha value is -1.19. The third-order valence-corrected chi connectivity index (χ3v) is 5.59. The van der Waals surface area contributed by atoms with E-state index in [2.05, 4.69) is 5.32 Å². The molecule has 8 heteroatoms.